The number of esters is 1. The average Bonchev–Trinajstić information content (AvgIpc) is 2.65. The van der Waals surface area contributed by atoms with Crippen LogP contribution < -0.4 is 9.47 Å². The maximum Gasteiger partial charge on any atom is 0.331 e. The lowest BCUT2D eigenvalue weighted by atomic mass is 10.0. The van der Waals surface area contributed by atoms with Crippen LogP contribution in [0.25, 0.3) is 6.08 Å². The van der Waals surface area contributed by atoms with E-state index in [2.05, 4.69) is 0 Å². The van der Waals surface area contributed by atoms with Crippen molar-refractivity contribution in [1.29, 1.82) is 0 Å². The number of carbonyl (C=O) groups is 2. The molecule has 0 aliphatic rings. The fraction of sp³-hybridized carbons (Fsp3) is 0.238. The Labute approximate surface area is 163 Å². The number of halogens is 1. The van der Waals surface area contributed by atoms with Gasteiger partial charge in [0.1, 0.15) is 0 Å². The summed E-state index contributed by atoms with van der Waals surface area (Å²) in [6, 6.07) is 8.89. The minimum absolute atomic E-state index is 0.243. The molecule has 0 aromatic heterocycles. The molecule has 0 saturated heterocycles. The first-order valence-electron chi connectivity index (χ1n) is 8.22. The van der Waals surface area contributed by atoms with Crippen LogP contribution in [-0.4, -0.2) is 32.6 Å². The van der Waals surface area contributed by atoms with Gasteiger partial charge in [-0.2, -0.15) is 0 Å². The maximum atomic E-state index is 12.2. The molecule has 0 aliphatic carbocycles. The summed E-state index contributed by atoms with van der Waals surface area (Å²) < 4.78 is 15.4. The highest BCUT2D eigenvalue weighted by Crippen LogP contribution is 2.36. The SMILES string of the molecule is COc1cc(/C=C/C(=O)OCC(=O)c2cc(C)ccc2C)cc(Cl)c1OC. The number of ketones is 1. The molecule has 0 radical (unpaired) electrons. The second kappa shape index (κ2) is 9.24. The zero-order chi connectivity index (χ0) is 20.0. The second-order valence-electron chi connectivity index (χ2n) is 5.92. The van der Waals surface area contributed by atoms with Crippen molar-refractivity contribution in [2.24, 2.45) is 0 Å². The second-order valence-corrected chi connectivity index (χ2v) is 6.33. The van der Waals surface area contributed by atoms with E-state index in [1.807, 2.05) is 26.0 Å². The predicted molar refractivity (Wildman–Crippen MR) is 105 cm³/mol. The number of benzene rings is 2. The third kappa shape index (κ3) is 5.34. The zero-order valence-electron chi connectivity index (χ0n) is 15.7. The normalized spacial score (nSPS) is 10.7. The van der Waals surface area contributed by atoms with Gasteiger partial charge in [-0.25, -0.2) is 4.79 Å². The lowest BCUT2D eigenvalue weighted by Crippen LogP contribution is -2.13. The fourth-order valence-corrected chi connectivity index (χ4v) is 2.79. The molecular formula is C21H21ClO5. The smallest absolute Gasteiger partial charge is 0.331 e. The van der Waals surface area contributed by atoms with Gasteiger partial charge in [-0.3, -0.25) is 4.79 Å². The van der Waals surface area contributed by atoms with Gasteiger partial charge in [-0.1, -0.05) is 29.3 Å². The number of methoxy groups -OCH3 is 2. The summed E-state index contributed by atoms with van der Waals surface area (Å²) >= 11 is 6.13. The third-order valence-corrected chi connectivity index (χ3v) is 4.19. The van der Waals surface area contributed by atoms with Crippen LogP contribution >= 0.6 is 11.6 Å². The maximum absolute atomic E-state index is 12.2. The number of rotatable bonds is 7. The van der Waals surface area contributed by atoms with E-state index >= 15 is 0 Å². The van der Waals surface area contributed by atoms with Gasteiger partial charge in [0.25, 0.3) is 0 Å². The van der Waals surface area contributed by atoms with Gasteiger partial charge in [0.2, 0.25) is 5.78 Å². The van der Waals surface area contributed by atoms with Gasteiger partial charge in [-0.05, 0) is 49.2 Å². The predicted octanol–water partition coefficient (Wildman–Crippen LogP) is 4.41. The summed E-state index contributed by atoms with van der Waals surface area (Å²) in [5, 5.41) is 0.356. The van der Waals surface area contributed by atoms with Crippen LogP contribution in [0.5, 0.6) is 11.5 Å². The average molecular weight is 389 g/mol. The molecule has 0 aliphatic heterocycles. The summed E-state index contributed by atoms with van der Waals surface area (Å²) in [4.78, 5) is 24.2. The first kappa shape index (κ1) is 20.5. The lowest BCUT2D eigenvalue weighted by molar-refractivity contribution is -0.136. The number of hydrogen-bond acceptors (Lipinski definition) is 5. The topological polar surface area (TPSA) is 61.8 Å². The molecule has 0 unspecified atom stereocenters. The first-order chi connectivity index (χ1) is 12.8. The Hall–Kier alpha value is -2.79. The minimum Gasteiger partial charge on any atom is -0.493 e. The first-order valence-corrected chi connectivity index (χ1v) is 8.60. The lowest BCUT2D eigenvalue weighted by Gasteiger charge is -2.10. The molecule has 0 heterocycles. The Kier molecular flexibility index (Phi) is 7.02. The number of aryl methyl sites for hydroxylation is 2. The number of carbonyl (C=O) groups excluding carboxylic acids is 2. The third-order valence-electron chi connectivity index (χ3n) is 3.91. The highest BCUT2D eigenvalue weighted by Gasteiger charge is 2.12. The molecule has 6 heteroatoms. The Bertz CT molecular complexity index is 886. The molecule has 0 fully saturated rings. The van der Waals surface area contributed by atoms with Crippen molar-refractivity contribution < 1.29 is 23.8 Å². The van der Waals surface area contributed by atoms with Crippen molar-refractivity contribution in [3.8, 4) is 11.5 Å². The summed E-state index contributed by atoms with van der Waals surface area (Å²) in [5.41, 5.74) is 3.01. The van der Waals surface area contributed by atoms with E-state index in [1.54, 1.807) is 18.2 Å². The van der Waals surface area contributed by atoms with Crippen LogP contribution in [0.4, 0.5) is 0 Å². The van der Waals surface area contributed by atoms with Crippen LogP contribution in [0.2, 0.25) is 5.02 Å². The number of Topliss-reactive ketones (excluding diaryl/α,β-unsaturated/α-hetero) is 1. The molecular weight excluding hydrogens is 368 g/mol. The van der Waals surface area contributed by atoms with Gasteiger partial charge >= 0.3 is 5.97 Å². The van der Waals surface area contributed by atoms with Crippen molar-refractivity contribution in [2.75, 3.05) is 20.8 Å². The Balaban J connectivity index is 2.02. The van der Waals surface area contributed by atoms with Crippen LogP contribution in [0.15, 0.2) is 36.4 Å². The van der Waals surface area contributed by atoms with Gasteiger partial charge in [0, 0.05) is 11.6 Å². The largest absolute Gasteiger partial charge is 0.493 e. The molecule has 0 saturated carbocycles. The molecule has 5 nitrogen and oxygen atoms in total. The van der Waals surface area contributed by atoms with Crippen molar-refractivity contribution in [2.45, 2.75) is 13.8 Å². The van der Waals surface area contributed by atoms with Crippen molar-refractivity contribution in [1.82, 2.24) is 0 Å². The highest BCUT2D eigenvalue weighted by molar-refractivity contribution is 6.32. The Morgan fingerprint density at radius 2 is 1.81 bits per heavy atom. The van der Waals surface area contributed by atoms with Crippen molar-refractivity contribution in [3.63, 3.8) is 0 Å². The zero-order valence-corrected chi connectivity index (χ0v) is 16.4. The van der Waals surface area contributed by atoms with E-state index < -0.39 is 5.97 Å². The van der Waals surface area contributed by atoms with Crippen molar-refractivity contribution >= 4 is 29.4 Å². The van der Waals surface area contributed by atoms with Crippen LogP contribution in [0, 0.1) is 13.8 Å². The number of hydrogen-bond donors (Lipinski definition) is 0. The van der Waals surface area contributed by atoms with Gasteiger partial charge in [0.05, 0.1) is 19.2 Å². The standard InChI is InChI=1S/C21H21ClO5/c1-13-5-6-14(2)16(9-13)18(23)12-27-20(24)8-7-15-10-17(22)21(26-4)19(11-15)25-3/h5-11H,12H2,1-4H3/b8-7+. The fourth-order valence-electron chi connectivity index (χ4n) is 2.50. The molecule has 0 spiro atoms. The monoisotopic (exact) mass is 388 g/mol. The van der Waals surface area contributed by atoms with E-state index in [0.29, 0.717) is 27.6 Å². The quantitative estimate of drug-likeness (QED) is 0.399. The van der Waals surface area contributed by atoms with Gasteiger partial charge < -0.3 is 14.2 Å². The van der Waals surface area contributed by atoms with E-state index in [-0.39, 0.29) is 12.4 Å². The van der Waals surface area contributed by atoms with E-state index in [4.69, 9.17) is 25.8 Å². The molecule has 2 rings (SSSR count). The van der Waals surface area contributed by atoms with E-state index in [1.165, 1.54) is 26.4 Å². The van der Waals surface area contributed by atoms with Gasteiger partial charge in [0.15, 0.2) is 18.1 Å². The van der Waals surface area contributed by atoms with E-state index in [0.717, 1.165) is 11.1 Å². The summed E-state index contributed by atoms with van der Waals surface area (Å²) in [6.07, 6.45) is 2.76. The van der Waals surface area contributed by atoms with Crippen LogP contribution in [-0.2, 0) is 9.53 Å². The highest BCUT2D eigenvalue weighted by atomic mass is 35.5. The van der Waals surface area contributed by atoms with Gasteiger partial charge in [-0.15, -0.1) is 0 Å². The summed E-state index contributed by atoms with van der Waals surface area (Å²) in [7, 11) is 2.98. The van der Waals surface area contributed by atoms with Crippen LogP contribution in [0.1, 0.15) is 27.0 Å². The Morgan fingerprint density at radius 3 is 2.48 bits per heavy atom. The Morgan fingerprint density at radius 1 is 1.07 bits per heavy atom. The molecule has 0 N–H and O–H groups in total. The summed E-state index contributed by atoms with van der Waals surface area (Å²) in [6.45, 7) is 3.43. The molecule has 142 valence electrons. The van der Waals surface area contributed by atoms with Crippen LogP contribution in [0.3, 0.4) is 0 Å². The molecule has 27 heavy (non-hydrogen) atoms. The summed E-state index contributed by atoms with van der Waals surface area (Å²) in [5.74, 6) is -0.00666. The molecule has 0 atom stereocenters. The van der Waals surface area contributed by atoms with Crippen molar-refractivity contribution in [3.05, 3.63) is 63.7 Å². The minimum atomic E-state index is -0.625. The van der Waals surface area contributed by atoms with E-state index in [9.17, 15) is 9.59 Å². The molecule has 2 aromatic rings. The number of ether oxygens (including phenoxy) is 3. The molecule has 2 aromatic carbocycles. The molecule has 0 amide bonds. The molecule has 0 bridgehead atoms.